The zero-order chi connectivity index (χ0) is 35.7. The number of imidazole rings is 1. The average molecular weight is 753 g/mol. The van der Waals surface area contributed by atoms with Gasteiger partial charge >= 0.3 is 15.6 Å². The molecule has 10 atom stereocenters. The molecule has 2 unspecified atom stereocenters. The minimum atomic E-state index is -5.40. The van der Waals surface area contributed by atoms with Gasteiger partial charge in [-0.05, 0) is 12.5 Å². The third kappa shape index (κ3) is 8.46. The Kier molecular flexibility index (Phi) is 11.7. The van der Waals surface area contributed by atoms with Gasteiger partial charge in [0.2, 0.25) is 0 Å². The molecule has 5 rings (SSSR count). The molecule has 3 aromatic heterocycles. The third-order valence-corrected chi connectivity index (χ3v) is 11.2. The Labute approximate surface area is 282 Å². The molecule has 2 saturated heterocycles. The van der Waals surface area contributed by atoms with E-state index in [2.05, 4.69) is 19.3 Å². The molecule has 0 aromatic carbocycles. The van der Waals surface area contributed by atoms with E-state index in [1.54, 1.807) is 0 Å². The lowest BCUT2D eigenvalue weighted by molar-refractivity contribution is -0.765. The number of fused-ring (bicyclic) bond motifs is 1. The number of aliphatic hydroxyl groups is 4. The van der Waals surface area contributed by atoms with Crippen molar-refractivity contribution < 1.29 is 71.5 Å². The van der Waals surface area contributed by atoms with Crippen molar-refractivity contribution in [3.8, 4) is 0 Å². The maximum atomic E-state index is 12.6. The summed E-state index contributed by atoms with van der Waals surface area (Å²) in [5.41, 5.74) is 11.7. The quantitative estimate of drug-likeness (QED) is 0.0394. The summed E-state index contributed by atoms with van der Waals surface area (Å²) in [7, 11) is -10.8. The van der Waals surface area contributed by atoms with Gasteiger partial charge in [0.05, 0.1) is 13.2 Å². The highest BCUT2D eigenvalue weighted by atomic mass is 32.2. The molecule has 24 heteroatoms. The number of hydrogen-bond donors (Lipinski definition) is 8. The number of carbonyl (C=O) groups is 1. The fraction of sp³-hybridized carbons (Fsp3) is 0.560. The molecule has 2 aliphatic heterocycles. The average Bonchev–Trinajstić information content (AvgIpc) is 3.65. The van der Waals surface area contributed by atoms with Gasteiger partial charge < -0.3 is 51.2 Å². The highest BCUT2D eigenvalue weighted by Gasteiger charge is 2.50. The van der Waals surface area contributed by atoms with Crippen LogP contribution in [-0.2, 0) is 32.0 Å². The normalized spacial score (nSPS) is 29.6. The lowest BCUT2D eigenvalue weighted by atomic mass is 10.1. The Morgan fingerprint density at radius 1 is 1.04 bits per heavy atom. The maximum absolute atomic E-state index is 12.6. The van der Waals surface area contributed by atoms with Crippen LogP contribution in [0.5, 0.6) is 0 Å². The zero-order valence-corrected chi connectivity index (χ0v) is 28.3. The fourth-order valence-electron chi connectivity index (χ4n) is 5.05. The van der Waals surface area contributed by atoms with Gasteiger partial charge in [-0.25, -0.2) is 24.1 Å². The molecule has 21 nitrogen and oxygen atoms in total. The third-order valence-electron chi connectivity index (χ3n) is 7.54. The molecule has 0 saturated carbocycles. The van der Waals surface area contributed by atoms with Crippen LogP contribution in [0.15, 0.2) is 36.0 Å². The first kappa shape index (κ1) is 37.6. The number of pyridine rings is 1. The summed E-state index contributed by atoms with van der Waals surface area (Å²) in [6, 6.07) is 2.84. The number of carbonyl (C=O) groups excluding carboxylic acids is 1. The van der Waals surface area contributed by atoms with Crippen LogP contribution in [0.2, 0.25) is 0 Å². The molecule has 3 aromatic rings. The van der Waals surface area contributed by atoms with Gasteiger partial charge in [-0.15, -0.1) is 0 Å². The van der Waals surface area contributed by atoms with Crippen molar-refractivity contribution in [2.24, 2.45) is 5.73 Å². The first-order valence-corrected chi connectivity index (χ1v) is 18.7. The molecular weight excluding hydrogens is 716 g/mol. The Bertz CT molecular complexity index is 1760. The molecule has 2 aliphatic rings. The number of amides is 1. The summed E-state index contributed by atoms with van der Waals surface area (Å²) in [5, 5.41) is 42.8. The number of rotatable bonds is 15. The van der Waals surface area contributed by atoms with Gasteiger partial charge in [0.1, 0.15) is 42.4 Å². The van der Waals surface area contributed by atoms with Crippen molar-refractivity contribution in [2.45, 2.75) is 74.0 Å². The van der Waals surface area contributed by atoms with Crippen LogP contribution in [0, 0.1) is 0 Å². The van der Waals surface area contributed by atoms with Gasteiger partial charge in [-0.1, -0.05) is 25.1 Å². The second-order valence-electron chi connectivity index (χ2n) is 11.0. The van der Waals surface area contributed by atoms with Crippen molar-refractivity contribution in [2.75, 3.05) is 24.7 Å². The van der Waals surface area contributed by atoms with E-state index in [0.717, 1.165) is 12.8 Å². The van der Waals surface area contributed by atoms with Gasteiger partial charge in [-0.2, -0.15) is 8.88 Å². The molecule has 5 heterocycles. The number of hydrogen-bond acceptors (Lipinski definition) is 17. The number of nitrogens with zero attached hydrogens (tertiary/aromatic N) is 5. The van der Waals surface area contributed by atoms with Gasteiger partial charge in [0, 0.05) is 11.8 Å². The molecule has 2 fully saturated rings. The number of phosphoric ester groups is 2. The van der Waals surface area contributed by atoms with Gasteiger partial charge in [0.15, 0.2) is 46.9 Å². The lowest BCUT2D eigenvalue weighted by Gasteiger charge is -2.20. The van der Waals surface area contributed by atoms with Crippen LogP contribution in [0.25, 0.3) is 11.2 Å². The summed E-state index contributed by atoms with van der Waals surface area (Å²) in [6.45, 7) is 0.208. The molecule has 0 aliphatic carbocycles. The Hall–Kier alpha value is -2.66. The number of ether oxygens (including phenoxy) is 2. The number of phosphoric acid groups is 2. The van der Waals surface area contributed by atoms with Crippen molar-refractivity contribution >= 4 is 50.3 Å². The number of nitrogen functional groups attached to an aromatic ring is 1. The number of nitrogens with two attached hydrogens (primary N) is 2. The molecule has 49 heavy (non-hydrogen) atoms. The molecule has 0 radical (unpaired) electrons. The van der Waals surface area contributed by atoms with Gasteiger partial charge in [0.25, 0.3) is 12.1 Å². The second kappa shape index (κ2) is 15.3. The van der Waals surface area contributed by atoms with E-state index in [9.17, 15) is 44.1 Å². The second-order valence-corrected chi connectivity index (χ2v) is 15.1. The van der Waals surface area contributed by atoms with E-state index in [1.165, 1.54) is 51.7 Å². The monoisotopic (exact) mass is 752 g/mol. The fourth-order valence-corrected chi connectivity index (χ4v) is 8.24. The van der Waals surface area contributed by atoms with Crippen LogP contribution in [0.1, 0.15) is 42.6 Å². The van der Waals surface area contributed by atoms with E-state index >= 15 is 0 Å². The molecule has 0 spiro atoms. The summed E-state index contributed by atoms with van der Waals surface area (Å²) in [5.74, 6) is -0.0439. The molecule has 270 valence electrons. The van der Waals surface area contributed by atoms with Crippen molar-refractivity contribution in [1.82, 2.24) is 19.5 Å². The van der Waals surface area contributed by atoms with Gasteiger partial charge in [-0.3, -0.25) is 18.4 Å². The highest BCUT2D eigenvalue weighted by Crippen LogP contribution is 2.60. The number of aliphatic hydroxyl groups excluding tert-OH is 4. The van der Waals surface area contributed by atoms with Crippen LogP contribution in [-0.4, -0.2) is 111 Å². The van der Waals surface area contributed by atoms with Crippen LogP contribution >= 0.6 is 27.4 Å². The predicted molar refractivity (Wildman–Crippen MR) is 165 cm³/mol. The van der Waals surface area contributed by atoms with Crippen molar-refractivity contribution in [3.63, 3.8) is 0 Å². The molecular formula is C25H36N7O14P2S+. The van der Waals surface area contributed by atoms with Crippen LogP contribution in [0.3, 0.4) is 0 Å². The Balaban J connectivity index is 1.19. The summed E-state index contributed by atoms with van der Waals surface area (Å²) >= 11 is 1.33. The van der Waals surface area contributed by atoms with Crippen LogP contribution in [0.4, 0.5) is 5.82 Å². The van der Waals surface area contributed by atoms with E-state index in [0.29, 0.717) is 10.9 Å². The zero-order valence-electron chi connectivity index (χ0n) is 25.7. The van der Waals surface area contributed by atoms with E-state index in [1.807, 2.05) is 6.92 Å². The molecule has 10 N–H and O–H groups in total. The number of thioether (sulfide) groups is 1. The highest BCUT2D eigenvalue weighted by molar-refractivity contribution is 7.99. The maximum Gasteiger partial charge on any atom is 0.481 e. The number of primary amides is 1. The molecule has 0 bridgehead atoms. The molecule has 1 amide bonds. The Morgan fingerprint density at radius 2 is 1.69 bits per heavy atom. The lowest BCUT2D eigenvalue weighted by Crippen LogP contribution is -2.46. The van der Waals surface area contributed by atoms with E-state index < -0.39 is 83.8 Å². The minimum Gasteiger partial charge on any atom is -0.387 e. The topological polar surface area (TPSA) is 318 Å². The SMILES string of the molecule is CCCCSc1nc2c(N)ncnc2n1[C@@H]1O[C@H](COP(=O)(O)OP(=O)(O)OC[C@H]2O[C@@H]([n+]3cccc(C(N)=O)c3)[C@H](O)[C@@H]2O)[C@@H](O)[C@H]1O. The number of anilines is 1. The summed E-state index contributed by atoms with van der Waals surface area (Å²) in [6.07, 6.45) is -6.36. The first-order chi connectivity index (χ1) is 23.1. The standard InChI is InChI=1S/C25H35N7O14P2S/c1-2-3-7-49-25-30-15-20(26)28-11-29-22(15)32(25)24-19(36)17(34)14(45-24)10-43-48(40,41)46-47(38,39)42-9-13-16(33)18(35)23(44-13)31-6-4-5-12(8-31)21(27)37/h4-6,8,11,13-14,16-19,23-24,33-36H,2-3,7,9-10H2,1H3,(H5-,26,27,28,29,37,38,39,40,41)/p+1/t13-,14-,16-,17-,18-,19-,23-,24-/m1/s1. The smallest absolute Gasteiger partial charge is 0.387 e. The van der Waals surface area contributed by atoms with Crippen molar-refractivity contribution in [3.05, 3.63) is 36.4 Å². The number of unbranched alkanes of at least 4 members (excludes halogenated alkanes) is 1. The summed E-state index contributed by atoms with van der Waals surface area (Å²) in [4.78, 5) is 44.4. The number of aromatic nitrogens is 5. The van der Waals surface area contributed by atoms with Crippen molar-refractivity contribution in [1.29, 1.82) is 0 Å². The largest absolute Gasteiger partial charge is 0.481 e. The predicted octanol–water partition coefficient (Wildman–Crippen LogP) is -1.12. The van der Waals surface area contributed by atoms with Crippen LogP contribution < -0.4 is 16.0 Å². The Morgan fingerprint density at radius 3 is 2.35 bits per heavy atom. The summed E-state index contributed by atoms with van der Waals surface area (Å²) < 4.78 is 53.0. The van der Waals surface area contributed by atoms with E-state index in [-0.39, 0.29) is 22.5 Å². The van der Waals surface area contributed by atoms with E-state index in [4.69, 9.17) is 30.0 Å². The first-order valence-electron chi connectivity index (χ1n) is 14.7. The minimum absolute atomic E-state index is 0.0705.